The number of rotatable bonds is 11. The number of hydrogen-bond acceptors (Lipinski definition) is 6. The maximum atomic E-state index is 14.4. The molecule has 5 rings (SSSR count). The molecule has 2 aliphatic heterocycles. The largest absolute Gasteiger partial charge is 0.496 e. The van der Waals surface area contributed by atoms with Crippen molar-refractivity contribution in [3.05, 3.63) is 59.7 Å². The number of nitrogens with zero attached hydrogens (tertiary/aromatic N) is 2. The van der Waals surface area contributed by atoms with Crippen molar-refractivity contribution in [1.82, 2.24) is 15.1 Å². The Labute approximate surface area is 290 Å². The van der Waals surface area contributed by atoms with E-state index >= 15 is 0 Å². The minimum atomic E-state index is -5.13. The molecular formula is C36H40F7N3O5. The van der Waals surface area contributed by atoms with Crippen molar-refractivity contribution >= 4 is 22.6 Å². The van der Waals surface area contributed by atoms with Gasteiger partial charge in [-0.2, -0.15) is 26.3 Å². The molecule has 0 aliphatic carbocycles. The van der Waals surface area contributed by atoms with Crippen LogP contribution < -0.4 is 14.8 Å². The SMILES string of the molecule is COc1ccc(CN2CCC[C@H](F)C2)c(OC)c1-c1cccc2c(C[C@H](NC(=O)C3(C(F)(F)F)CCN(CC(F)(F)F)CC3)C(=O)O)cccc12. The van der Waals surface area contributed by atoms with Crippen LogP contribution in [0, 0.1) is 5.41 Å². The van der Waals surface area contributed by atoms with Gasteiger partial charge in [0.2, 0.25) is 5.91 Å². The van der Waals surface area contributed by atoms with Gasteiger partial charge < -0.3 is 19.9 Å². The van der Waals surface area contributed by atoms with Crippen LogP contribution in [0.5, 0.6) is 11.5 Å². The van der Waals surface area contributed by atoms with Gasteiger partial charge in [-0.05, 0) is 73.3 Å². The van der Waals surface area contributed by atoms with Crippen LogP contribution in [-0.4, -0.2) is 98.3 Å². The fraction of sp³-hybridized carbons (Fsp3) is 0.500. The van der Waals surface area contributed by atoms with Crippen molar-refractivity contribution in [1.29, 1.82) is 0 Å². The number of carbonyl (C=O) groups excluding carboxylic acids is 1. The van der Waals surface area contributed by atoms with Crippen LogP contribution in [0.15, 0.2) is 48.5 Å². The Hall–Kier alpha value is -4.11. The van der Waals surface area contributed by atoms with Crippen LogP contribution in [-0.2, 0) is 22.6 Å². The number of aliphatic carboxylic acids is 1. The lowest BCUT2D eigenvalue weighted by Gasteiger charge is -2.42. The van der Waals surface area contributed by atoms with E-state index in [0.29, 0.717) is 58.5 Å². The van der Waals surface area contributed by atoms with Gasteiger partial charge in [0.05, 0.1) is 26.3 Å². The van der Waals surface area contributed by atoms with Crippen LogP contribution in [0.1, 0.15) is 36.8 Å². The first-order valence-electron chi connectivity index (χ1n) is 16.6. The van der Waals surface area contributed by atoms with Crippen molar-refractivity contribution in [2.45, 2.75) is 63.2 Å². The highest BCUT2D eigenvalue weighted by Crippen LogP contribution is 2.47. The molecule has 2 saturated heterocycles. The fourth-order valence-corrected chi connectivity index (χ4v) is 7.25. The molecule has 0 aromatic heterocycles. The number of ether oxygens (including phenoxy) is 2. The van der Waals surface area contributed by atoms with Crippen molar-refractivity contribution in [3.63, 3.8) is 0 Å². The van der Waals surface area contributed by atoms with E-state index in [4.69, 9.17) is 9.47 Å². The van der Waals surface area contributed by atoms with E-state index < -0.39 is 74.3 Å². The standard InChI is InChI=1S/C36H40F7N3O5/c1-50-29-12-11-23(19-46-15-5-7-24(37)20-46)31(51-2)30(29)27-10-4-8-25-22(6-3-9-26(25)27)18-28(32(47)48)44-33(49)34(36(41,42)43)13-16-45(17-14-34)21-35(38,39)40/h3-4,6,8-12,24,28H,5,7,13-21H2,1-2H3,(H,44,49)(H,47,48)/t24-,28-/m0/s1. The minimum absolute atomic E-state index is 0.296. The number of likely N-dealkylation sites (tertiary alicyclic amines) is 2. The number of amides is 1. The number of benzene rings is 3. The van der Waals surface area contributed by atoms with Crippen molar-refractivity contribution in [3.8, 4) is 22.6 Å². The molecule has 0 unspecified atom stereocenters. The third kappa shape index (κ3) is 8.35. The van der Waals surface area contributed by atoms with E-state index in [0.717, 1.165) is 23.4 Å². The Morgan fingerprint density at radius 1 is 0.922 bits per heavy atom. The number of fused-ring (bicyclic) bond motifs is 1. The van der Waals surface area contributed by atoms with Crippen LogP contribution in [0.4, 0.5) is 30.7 Å². The summed E-state index contributed by atoms with van der Waals surface area (Å²) in [4.78, 5) is 28.5. The molecule has 51 heavy (non-hydrogen) atoms. The zero-order valence-corrected chi connectivity index (χ0v) is 28.2. The third-order valence-corrected chi connectivity index (χ3v) is 9.87. The first-order valence-corrected chi connectivity index (χ1v) is 16.6. The van der Waals surface area contributed by atoms with E-state index in [9.17, 15) is 45.4 Å². The molecule has 0 spiro atoms. The quantitative estimate of drug-likeness (QED) is 0.211. The van der Waals surface area contributed by atoms with Gasteiger partial charge in [0.15, 0.2) is 0 Å². The Kier molecular flexibility index (Phi) is 11.4. The lowest BCUT2D eigenvalue weighted by atomic mass is 9.76. The van der Waals surface area contributed by atoms with Gasteiger partial charge in [-0.3, -0.25) is 14.6 Å². The van der Waals surface area contributed by atoms with Gasteiger partial charge in [-0.1, -0.05) is 42.5 Å². The molecule has 0 radical (unpaired) electrons. The number of piperidine rings is 2. The summed E-state index contributed by atoms with van der Waals surface area (Å²) in [6.45, 7) is -1.24. The molecule has 2 fully saturated rings. The highest BCUT2D eigenvalue weighted by Gasteiger charge is 2.61. The lowest BCUT2D eigenvalue weighted by Crippen LogP contribution is -2.59. The highest BCUT2D eigenvalue weighted by molar-refractivity contribution is 6.01. The molecule has 15 heteroatoms. The third-order valence-electron chi connectivity index (χ3n) is 9.87. The molecule has 2 aliphatic rings. The summed E-state index contributed by atoms with van der Waals surface area (Å²) >= 11 is 0. The van der Waals surface area contributed by atoms with E-state index in [1.54, 1.807) is 36.4 Å². The number of methoxy groups -OCH3 is 2. The van der Waals surface area contributed by atoms with Crippen LogP contribution in [0.2, 0.25) is 0 Å². The average Bonchev–Trinajstić information content (AvgIpc) is 3.06. The Morgan fingerprint density at radius 2 is 1.61 bits per heavy atom. The predicted molar refractivity (Wildman–Crippen MR) is 175 cm³/mol. The number of carboxylic acid groups (broad SMARTS) is 1. The Bertz CT molecular complexity index is 1720. The number of alkyl halides is 7. The molecule has 8 nitrogen and oxygen atoms in total. The topological polar surface area (TPSA) is 91.3 Å². The van der Waals surface area contributed by atoms with E-state index in [2.05, 4.69) is 5.32 Å². The second-order valence-corrected chi connectivity index (χ2v) is 13.2. The smallest absolute Gasteiger partial charge is 0.403 e. The van der Waals surface area contributed by atoms with Crippen LogP contribution >= 0.6 is 0 Å². The number of carboxylic acids is 1. The average molecular weight is 728 g/mol. The van der Waals surface area contributed by atoms with Gasteiger partial charge >= 0.3 is 18.3 Å². The molecule has 2 N–H and O–H groups in total. The van der Waals surface area contributed by atoms with Gasteiger partial charge in [-0.25, -0.2) is 9.18 Å². The van der Waals surface area contributed by atoms with Gasteiger partial charge in [0, 0.05) is 25.1 Å². The second kappa shape index (κ2) is 15.2. The molecule has 2 atom stereocenters. The molecular weight excluding hydrogens is 687 g/mol. The van der Waals surface area contributed by atoms with Crippen LogP contribution in [0.25, 0.3) is 21.9 Å². The van der Waals surface area contributed by atoms with Crippen LogP contribution in [0.3, 0.4) is 0 Å². The Balaban J connectivity index is 1.46. The molecule has 3 aromatic carbocycles. The molecule has 1 amide bonds. The van der Waals surface area contributed by atoms with E-state index in [1.165, 1.54) is 14.2 Å². The van der Waals surface area contributed by atoms with Gasteiger partial charge in [0.1, 0.15) is 29.1 Å². The number of carbonyl (C=O) groups is 2. The summed E-state index contributed by atoms with van der Waals surface area (Å²) < 4.78 is 108. The molecule has 2 heterocycles. The summed E-state index contributed by atoms with van der Waals surface area (Å²) in [6, 6.07) is 12.2. The van der Waals surface area contributed by atoms with Crippen molar-refractivity contribution in [2.24, 2.45) is 5.41 Å². The molecule has 0 bridgehead atoms. The first kappa shape index (κ1) is 38.1. The summed E-state index contributed by atoms with van der Waals surface area (Å²) in [5.74, 6) is -2.19. The van der Waals surface area contributed by atoms with Crippen molar-refractivity contribution in [2.75, 3.05) is 46.9 Å². The fourth-order valence-electron chi connectivity index (χ4n) is 7.25. The highest BCUT2D eigenvalue weighted by atomic mass is 19.4. The first-order chi connectivity index (χ1) is 24.1. The molecule has 3 aromatic rings. The maximum Gasteiger partial charge on any atom is 0.403 e. The minimum Gasteiger partial charge on any atom is -0.496 e. The monoisotopic (exact) mass is 727 g/mol. The summed E-state index contributed by atoms with van der Waals surface area (Å²) in [5.41, 5.74) is -0.580. The van der Waals surface area contributed by atoms with Crippen molar-refractivity contribution < 1.29 is 54.9 Å². The van der Waals surface area contributed by atoms with E-state index in [1.807, 2.05) is 17.0 Å². The number of nitrogens with one attached hydrogen (secondary N) is 1. The zero-order chi connectivity index (χ0) is 37.1. The summed E-state index contributed by atoms with van der Waals surface area (Å²) in [7, 11) is 3.02. The normalized spacial score (nSPS) is 19.4. The maximum absolute atomic E-state index is 14.4. The molecule has 0 saturated carbocycles. The van der Waals surface area contributed by atoms with E-state index in [-0.39, 0.29) is 6.42 Å². The van der Waals surface area contributed by atoms with Gasteiger partial charge in [-0.15, -0.1) is 0 Å². The number of hydrogen-bond donors (Lipinski definition) is 2. The zero-order valence-electron chi connectivity index (χ0n) is 28.2. The van der Waals surface area contributed by atoms with Gasteiger partial charge in [0.25, 0.3) is 0 Å². The summed E-state index contributed by atoms with van der Waals surface area (Å²) in [5, 5.41) is 13.3. The second-order valence-electron chi connectivity index (χ2n) is 13.2. The lowest BCUT2D eigenvalue weighted by molar-refractivity contribution is -0.236. The summed E-state index contributed by atoms with van der Waals surface area (Å²) in [6.07, 6.45) is -11.7. The molecule has 278 valence electrons. The Morgan fingerprint density at radius 3 is 2.22 bits per heavy atom. The predicted octanol–water partition coefficient (Wildman–Crippen LogP) is 6.78. The number of halogens is 7.